The highest BCUT2D eigenvalue weighted by Crippen LogP contribution is 2.22. The van der Waals surface area contributed by atoms with E-state index in [1.807, 2.05) is 11.8 Å². The number of fused-ring (bicyclic) bond motifs is 1. The molecule has 21 heavy (non-hydrogen) atoms. The molecule has 1 N–H and O–H groups in total. The molecule has 1 atom stereocenters. The fourth-order valence-electron chi connectivity index (χ4n) is 3.15. The average molecular weight is 288 g/mol. The maximum atomic E-state index is 12.3. The Morgan fingerprint density at radius 1 is 1.29 bits per heavy atom. The molecule has 1 heterocycles. The summed E-state index contributed by atoms with van der Waals surface area (Å²) in [4.78, 5) is 14.2. The molecule has 4 nitrogen and oxygen atoms in total. The monoisotopic (exact) mass is 288 g/mol. The van der Waals surface area contributed by atoms with Gasteiger partial charge in [-0.15, -0.1) is 0 Å². The Labute approximate surface area is 126 Å². The molecule has 1 aromatic carbocycles. The number of aryl methyl sites for hydroxylation is 2. The zero-order valence-corrected chi connectivity index (χ0v) is 12.7. The maximum absolute atomic E-state index is 12.3. The number of benzene rings is 1. The van der Waals surface area contributed by atoms with Crippen LogP contribution in [-0.2, 0) is 28.9 Å². The average Bonchev–Trinajstić information content (AvgIpc) is 3.00. The van der Waals surface area contributed by atoms with Crippen LogP contribution in [0.25, 0.3) is 0 Å². The van der Waals surface area contributed by atoms with Crippen molar-refractivity contribution in [3.8, 4) is 0 Å². The number of carbonyl (C=O) groups is 1. The van der Waals surface area contributed by atoms with Crippen LogP contribution in [-0.4, -0.2) is 43.2 Å². The van der Waals surface area contributed by atoms with Gasteiger partial charge in [0, 0.05) is 19.6 Å². The topological polar surface area (TPSA) is 41.6 Å². The molecule has 0 spiro atoms. The minimum atomic E-state index is -0.142. The van der Waals surface area contributed by atoms with E-state index in [9.17, 15) is 4.79 Å². The van der Waals surface area contributed by atoms with E-state index in [4.69, 9.17) is 4.74 Å². The number of hydrogen-bond acceptors (Lipinski definition) is 3. The molecule has 1 fully saturated rings. The van der Waals surface area contributed by atoms with Crippen LogP contribution in [0.1, 0.15) is 30.0 Å². The first-order valence-electron chi connectivity index (χ1n) is 7.94. The number of rotatable bonds is 4. The van der Waals surface area contributed by atoms with Crippen LogP contribution < -0.4 is 5.32 Å². The van der Waals surface area contributed by atoms with Crippen LogP contribution in [0.15, 0.2) is 18.2 Å². The highest BCUT2D eigenvalue weighted by molar-refractivity contribution is 5.81. The molecule has 1 aliphatic heterocycles. The Hall–Kier alpha value is -1.39. The highest BCUT2D eigenvalue weighted by Gasteiger charge is 2.22. The number of nitrogens with one attached hydrogen (secondary N) is 1. The fourth-order valence-corrected chi connectivity index (χ4v) is 3.15. The van der Waals surface area contributed by atoms with Crippen LogP contribution in [0.2, 0.25) is 0 Å². The molecule has 0 radical (unpaired) electrons. The van der Waals surface area contributed by atoms with Crippen molar-refractivity contribution < 1.29 is 9.53 Å². The van der Waals surface area contributed by atoms with Crippen LogP contribution in [0.5, 0.6) is 0 Å². The Balaban J connectivity index is 1.53. The van der Waals surface area contributed by atoms with E-state index in [1.54, 1.807) is 0 Å². The molecule has 114 valence electrons. The predicted octanol–water partition coefficient (Wildman–Crippen LogP) is 1.51. The van der Waals surface area contributed by atoms with Crippen LogP contribution in [0.3, 0.4) is 0 Å². The second kappa shape index (κ2) is 6.58. The highest BCUT2D eigenvalue weighted by atomic mass is 16.5. The molecule has 2 aliphatic rings. The number of amides is 1. The van der Waals surface area contributed by atoms with Gasteiger partial charge in [0.2, 0.25) is 5.91 Å². The van der Waals surface area contributed by atoms with Gasteiger partial charge in [-0.2, -0.15) is 0 Å². The van der Waals surface area contributed by atoms with Gasteiger partial charge in [-0.25, -0.2) is 0 Å². The van der Waals surface area contributed by atoms with Crippen molar-refractivity contribution in [1.29, 1.82) is 0 Å². The van der Waals surface area contributed by atoms with Gasteiger partial charge in [0.15, 0.2) is 0 Å². The fraction of sp³-hybridized carbons (Fsp3) is 0.588. The normalized spacial score (nSPS) is 19.4. The van der Waals surface area contributed by atoms with E-state index >= 15 is 0 Å². The van der Waals surface area contributed by atoms with E-state index in [2.05, 4.69) is 23.5 Å². The van der Waals surface area contributed by atoms with Gasteiger partial charge in [0.05, 0.1) is 19.3 Å². The second-order valence-corrected chi connectivity index (χ2v) is 6.00. The molecule has 1 unspecified atom stereocenters. The molecule has 1 aromatic rings. The number of carbonyl (C=O) groups excluding carboxylic acids is 1. The summed E-state index contributed by atoms with van der Waals surface area (Å²) in [7, 11) is 0. The van der Waals surface area contributed by atoms with E-state index < -0.39 is 0 Å². The van der Waals surface area contributed by atoms with Crippen LogP contribution in [0.4, 0.5) is 0 Å². The summed E-state index contributed by atoms with van der Waals surface area (Å²) in [6, 6.07) is 6.58. The van der Waals surface area contributed by atoms with Crippen molar-refractivity contribution in [2.24, 2.45) is 0 Å². The lowest BCUT2D eigenvalue weighted by Crippen LogP contribution is -2.49. The molecule has 3 rings (SSSR count). The number of ether oxygens (including phenoxy) is 1. The largest absolute Gasteiger partial charge is 0.378 e. The quantitative estimate of drug-likeness (QED) is 0.913. The molecule has 1 saturated heterocycles. The molecule has 0 bridgehead atoms. The van der Waals surface area contributed by atoms with E-state index in [0.717, 1.165) is 6.54 Å². The van der Waals surface area contributed by atoms with Gasteiger partial charge in [0.25, 0.3) is 0 Å². The van der Waals surface area contributed by atoms with Crippen molar-refractivity contribution >= 4 is 5.91 Å². The van der Waals surface area contributed by atoms with Crippen molar-refractivity contribution in [2.75, 3.05) is 26.3 Å². The zero-order valence-electron chi connectivity index (χ0n) is 12.7. The third-order valence-electron chi connectivity index (χ3n) is 4.47. The van der Waals surface area contributed by atoms with Gasteiger partial charge in [-0.05, 0) is 42.9 Å². The SMILES string of the molecule is CC(NCc1ccc2c(c1)CCC2)C(=O)N1CCOCC1. The lowest BCUT2D eigenvalue weighted by molar-refractivity contribution is -0.137. The molecule has 4 heteroatoms. The van der Waals surface area contributed by atoms with Crippen molar-refractivity contribution in [3.05, 3.63) is 34.9 Å². The molecule has 0 saturated carbocycles. The summed E-state index contributed by atoms with van der Waals surface area (Å²) in [6.07, 6.45) is 3.69. The first-order valence-corrected chi connectivity index (χ1v) is 7.94. The Kier molecular flexibility index (Phi) is 4.56. The summed E-state index contributed by atoms with van der Waals surface area (Å²) in [6.45, 7) is 5.44. The molecule has 0 aromatic heterocycles. The second-order valence-electron chi connectivity index (χ2n) is 6.00. The smallest absolute Gasteiger partial charge is 0.239 e. The van der Waals surface area contributed by atoms with Gasteiger partial charge >= 0.3 is 0 Å². The number of morpholine rings is 1. The lowest BCUT2D eigenvalue weighted by atomic mass is 10.1. The first-order chi connectivity index (χ1) is 10.2. The molecular weight excluding hydrogens is 264 g/mol. The van der Waals surface area contributed by atoms with Crippen molar-refractivity contribution in [1.82, 2.24) is 10.2 Å². The summed E-state index contributed by atoms with van der Waals surface area (Å²) >= 11 is 0. The summed E-state index contributed by atoms with van der Waals surface area (Å²) in [5.74, 6) is 0.180. The van der Waals surface area contributed by atoms with Crippen molar-refractivity contribution in [3.63, 3.8) is 0 Å². The Bertz CT molecular complexity index is 510. The molecule has 1 amide bonds. The minimum absolute atomic E-state index is 0.142. The first kappa shape index (κ1) is 14.5. The molecular formula is C17H24N2O2. The van der Waals surface area contributed by atoms with E-state index in [-0.39, 0.29) is 11.9 Å². The van der Waals surface area contributed by atoms with Gasteiger partial charge < -0.3 is 15.0 Å². The third kappa shape index (κ3) is 3.44. The standard InChI is InChI=1S/C17H24N2O2/c1-13(17(20)19-7-9-21-10-8-19)18-12-14-5-6-15-3-2-4-16(15)11-14/h5-6,11,13,18H,2-4,7-10,12H2,1H3. The number of nitrogens with zero attached hydrogens (tertiary/aromatic N) is 1. The van der Waals surface area contributed by atoms with E-state index in [1.165, 1.54) is 36.0 Å². The Morgan fingerprint density at radius 2 is 2.05 bits per heavy atom. The maximum Gasteiger partial charge on any atom is 0.239 e. The predicted molar refractivity (Wildman–Crippen MR) is 82.2 cm³/mol. The van der Waals surface area contributed by atoms with Gasteiger partial charge in [0.1, 0.15) is 0 Å². The van der Waals surface area contributed by atoms with Crippen LogP contribution >= 0.6 is 0 Å². The Morgan fingerprint density at radius 3 is 2.86 bits per heavy atom. The van der Waals surface area contributed by atoms with Gasteiger partial charge in [-0.3, -0.25) is 4.79 Å². The minimum Gasteiger partial charge on any atom is -0.378 e. The van der Waals surface area contributed by atoms with Crippen LogP contribution in [0, 0.1) is 0 Å². The summed E-state index contributed by atoms with van der Waals surface area (Å²) in [5.41, 5.74) is 4.26. The third-order valence-corrected chi connectivity index (χ3v) is 4.47. The summed E-state index contributed by atoms with van der Waals surface area (Å²) in [5, 5.41) is 3.36. The summed E-state index contributed by atoms with van der Waals surface area (Å²) < 4.78 is 5.29. The lowest BCUT2D eigenvalue weighted by Gasteiger charge is -2.29. The van der Waals surface area contributed by atoms with Gasteiger partial charge in [-0.1, -0.05) is 18.2 Å². The van der Waals surface area contributed by atoms with E-state index in [0.29, 0.717) is 26.3 Å². The zero-order chi connectivity index (χ0) is 14.7. The number of hydrogen-bond donors (Lipinski definition) is 1. The van der Waals surface area contributed by atoms with Crippen molar-refractivity contribution in [2.45, 2.75) is 38.8 Å². The molecule has 1 aliphatic carbocycles.